The summed E-state index contributed by atoms with van der Waals surface area (Å²) in [5, 5.41) is 13.0. The van der Waals surface area contributed by atoms with E-state index in [-0.39, 0.29) is 30.5 Å². The van der Waals surface area contributed by atoms with Crippen molar-refractivity contribution >= 4 is 17.9 Å². The molecular weight excluding hydrogens is 462 g/mol. The Morgan fingerprint density at radius 3 is 2.51 bits per heavy atom. The van der Waals surface area contributed by atoms with Crippen LogP contribution in [0.1, 0.15) is 71.0 Å². The molecule has 5 rings (SSSR count). The van der Waals surface area contributed by atoms with Crippen LogP contribution in [0, 0.1) is 0 Å². The van der Waals surface area contributed by atoms with Crippen LogP contribution in [0.4, 0.5) is 0 Å². The van der Waals surface area contributed by atoms with E-state index in [1.807, 2.05) is 67.3 Å². The van der Waals surface area contributed by atoms with E-state index in [0.717, 1.165) is 35.1 Å². The van der Waals surface area contributed by atoms with E-state index < -0.39 is 0 Å². The molecule has 1 aromatic heterocycles. The third kappa shape index (κ3) is 4.94. The maximum atomic E-state index is 13.5. The molecule has 190 valence electrons. The Kier molecular flexibility index (Phi) is 7.19. The summed E-state index contributed by atoms with van der Waals surface area (Å²) in [7, 11) is 0. The first-order valence-corrected chi connectivity index (χ1v) is 13.1. The van der Waals surface area contributed by atoms with Gasteiger partial charge >= 0.3 is 0 Å². The summed E-state index contributed by atoms with van der Waals surface area (Å²) in [5.41, 5.74) is 7.38. The highest BCUT2D eigenvalue weighted by Gasteiger charge is 2.36. The number of hydrogen-bond acceptors (Lipinski definition) is 4. The van der Waals surface area contributed by atoms with Gasteiger partial charge in [0.1, 0.15) is 5.69 Å². The monoisotopic (exact) mass is 495 g/mol. The van der Waals surface area contributed by atoms with E-state index in [0.29, 0.717) is 30.8 Å². The lowest BCUT2D eigenvalue weighted by Crippen LogP contribution is -2.36. The van der Waals surface area contributed by atoms with Gasteiger partial charge in [-0.25, -0.2) is 4.98 Å². The molecule has 0 saturated heterocycles. The van der Waals surface area contributed by atoms with Crippen LogP contribution in [0.15, 0.2) is 60.7 Å². The van der Waals surface area contributed by atoms with E-state index in [1.165, 1.54) is 11.1 Å². The van der Waals surface area contributed by atoms with Crippen LogP contribution in [0.5, 0.6) is 0 Å². The van der Waals surface area contributed by atoms with Crippen LogP contribution in [0.25, 0.3) is 17.3 Å². The molecule has 0 radical (unpaired) electrons. The average molecular weight is 496 g/mol. The predicted molar refractivity (Wildman–Crippen MR) is 145 cm³/mol. The van der Waals surface area contributed by atoms with Crippen molar-refractivity contribution in [2.24, 2.45) is 0 Å². The number of nitrogens with zero attached hydrogens (tertiary/aromatic N) is 2. The molecule has 0 bridgehead atoms. The number of amides is 2. The fraction of sp³-hybridized carbons (Fsp3) is 0.323. The predicted octanol–water partition coefficient (Wildman–Crippen LogP) is 4.85. The molecule has 37 heavy (non-hydrogen) atoms. The third-order valence-electron chi connectivity index (χ3n) is 7.36. The molecule has 1 atom stereocenters. The van der Waals surface area contributed by atoms with Gasteiger partial charge in [-0.1, -0.05) is 61.5 Å². The Morgan fingerprint density at radius 1 is 1.08 bits per heavy atom. The highest BCUT2D eigenvalue weighted by molar-refractivity contribution is 5.94. The maximum absolute atomic E-state index is 13.5. The number of carbonyl (C=O) groups is 2. The van der Waals surface area contributed by atoms with Gasteiger partial charge in [0.2, 0.25) is 5.91 Å². The van der Waals surface area contributed by atoms with Gasteiger partial charge in [-0.2, -0.15) is 0 Å². The van der Waals surface area contributed by atoms with Crippen molar-refractivity contribution in [3.63, 3.8) is 0 Å². The van der Waals surface area contributed by atoms with Crippen LogP contribution in [-0.2, 0) is 24.2 Å². The largest absolute Gasteiger partial charge is 0.396 e. The zero-order valence-corrected chi connectivity index (χ0v) is 21.4. The van der Waals surface area contributed by atoms with Crippen molar-refractivity contribution in [1.29, 1.82) is 0 Å². The molecule has 2 aliphatic rings. The Labute approximate surface area is 218 Å². The van der Waals surface area contributed by atoms with E-state index in [2.05, 4.69) is 23.5 Å². The summed E-state index contributed by atoms with van der Waals surface area (Å²) in [4.78, 5) is 33.0. The zero-order valence-electron chi connectivity index (χ0n) is 21.4. The van der Waals surface area contributed by atoms with Gasteiger partial charge in [0.25, 0.3) is 5.91 Å². The third-order valence-corrected chi connectivity index (χ3v) is 7.36. The van der Waals surface area contributed by atoms with Crippen molar-refractivity contribution in [2.75, 3.05) is 6.61 Å². The average Bonchev–Trinajstić information content (AvgIpc) is 3.49. The van der Waals surface area contributed by atoms with Gasteiger partial charge in [-0.05, 0) is 60.6 Å². The molecule has 1 aliphatic carbocycles. The highest BCUT2D eigenvalue weighted by atomic mass is 16.3. The van der Waals surface area contributed by atoms with E-state index in [9.17, 15) is 14.7 Å². The molecule has 1 aliphatic heterocycles. The van der Waals surface area contributed by atoms with Gasteiger partial charge in [0.05, 0.1) is 11.7 Å². The second-order valence-electron chi connectivity index (χ2n) is 9.80. The van der Waals surface area contributed by atoms with Gasteiger partial charge < -0.3 is 15.3 Å². The number of benzene rings is 2. The molecule has 2 N–H and O–H groups in total. The number of rotatable bonds is 7. The SMILES string of the molecule is C/C=C/c1cccc(-c2nc(C(=O)NC3Cc4ccccc4C3)cc3c2[C@@H](CCO)N(C(=O)CC)C3)c1. The maximum Gasteiger partial charge on any atom is 0.270 e. The first-order valence-electron chi connectivity index (χ1n) is 13.1. The van der Waals surface area contributed by atoms with Crippen LogP contribution in [0.2, 0.25) is 0 Å². The Hall–Kier alpha value is -3.77. The molecule has 0 fully saturated rings. The lowest BCUT2D eigenvalue weighted by molar-refractivity contribution is -0.133. The van der Waals surface area contributed by atoms with Gasteiger partial charge in [0, 0.05) is 36.7 Å². The van der Waals surface area contributed by atoms with Crippen LogP contribution < -0.4 is 5.32 Å². The number of aliphatic hydroxyl groups excluding tert-OH is 1. The van der Waals surface area contributed by atoms with Crippen molar-refractivity contribution < 1.29 is 14.7 Å². The van der Waals surface area contributed by atoms with Gasteiger partial charge in [0.15, 0.2) is 0 Å². The lowest BCUT2D eigenvalue weighted by atomic mass is 9.94. The van der Waals surface area contributed by atoms with E-state index in [4.69, 9.17) is 4.98 Å². The molecule has 2 heterocycles. The van der Waals surface area contributed by atoms with E-state index in [1.54, 1.807) is 0 Å². The minimum absolute atomic E-state index is 0.0259. The normalized spacial score (nSPS) is 16.7. The molecule has 0 saturated carbocycles. The summed E-state index contributed by atoms with van der Waals surface area (Å²) >= 11 is 0. The first kappa shape index (κ1) is 24.9. The zero-order chi connectivity index (χ0) is 25.9. The van der Waals surface area contributed by atoms with Crippen molar-refractivity contribution in [3.8, 4) is 11.3 Å². The Morgan fingerprint density at radius 2 is 1.84 bits per heavy atom. The van der Waals surface area contributed by atoms with Crippen molar-refractivity contribution in [1.82, 2.24) is 15.2 Å². The minimum Gasteiger partial charge on any atom is -0.396 e. The molecule has 6 heteroatoms. The fourth-order valence-electron chi connectivity index (χ4n) is 5.69. The molecule has 6 nitrogen and oxygen atoms in total. The van der Waals surface area contributed by atoms with Gasteiger partial charge in [-0.15, -0.1) is 0 Å². The number of aromatic nitrogens is 1. The second-order valence-corrected chi connectivity index (χ2v) is 9.80. The van der Waals surface area contributed by atoms with E-state index >= 15 is 0 Å². The molecule has 0 spiro atoms. The van der Waals surface area contributed by atoms with Crippen LogP contribution >= 0.6 is 0 Å². The van der Waals surface area contributed by atoms with Crippen LogP contribution in [0.3, 0.4) is 0 Å². The molecule has 0 unspecified atom stereocenters. The Bertz CT molecular complexity index is 1340. The fourth-order valence-corrected chi connectivity index (χ4v) is 5.69. The minimum atomic E-state index is -0.276. The number of allylic oxidation sites excluding steroid dienone is 1. The number of carbonyl (C=O) groups excluding carboxylic acids is 2. The lowest BCUT2D eigenvalue weighted by Gasteiger charge is -2.25. The summed E-state index contributed by atoms with van der Waals surface area (Å²) < 4.78 is 0. The Balaban J connectivity index is 1.54. The highest BCUT2D eigenvalue weighted by Crippen LogP contribution is 2.42. The number of hydrogen-bond donors (Lipinski definition) is 2. The quantitative estimate of drug-likeness (QED) is 0.491. The molecule has 3 aromatic rings. The number of nitrogens with one attached hydrogen (secondary N) is 1. The summed E-state index contributed by atoms with van der Waals surface area (Å²) in [5.74, 6) is -0.177. The topological polar surface area (TPSA) is 82.5 Å². The summed E-state index contributed by atoms with van der Waals surface area (Å²) in [6.45, 7) is 4.19. The van der Waals surface area contributed by atoms with Crippen LogP contribution in [-0.4, -0.2) is 39.5 Å². The smallest absolute Gasteiger partial charge is 0.270 e. The number of fused-ring (bicyclic) bond motifs is 2. The molecule has 2 aromatic carbocycles. The molecular formula is C31H33N3O3. The summed E-state index contributed by atoms with van der Waals surface area (Å²) in [6.07, 6.45) is 6.43. The second kappa shape index (κ2) is 10.7. The van der Waals surface area contributed by atoms with Crippen molar-refractivity contribution in [3.05, 3.63) is 94.2 Å². The number of pyridine rings is 1. The standard InChI is InChI=1S/C31H33N3O3/c1-3-8-20-9-7-12-23(15-20)30-29-24(19-34(28(36)4-2)27(29)13-14-35)18-26(33-30)31(37)32-25-16-21-10-5-6-11-22(21)17-25/h3,5-12,15,18,25,27,35H,4,13-14,16-17,19H2,1-2H3,(H,32,37)/b8-3+/t27-/m1/s1. The van der Waals surface area contributed by atoms with Gasteiger partial charge in [-0.3, -0.25) is 9.59 Å². The summed E-state index contributed by atoms with van der Waals surface area (Å²) in [6, 6.07) is 17.9. The number of aliphatic hydroxyl groups is 1. The first-order chi connectivity index (χ1) is 18.0. The molecule has 2 amide bonds. The van der Waals surface area contributed by atoms with Crippen molar-refractivity contribution in [2.45, 2.75) is 58.2 Å².